The monoisotopic (exact) mass is 531 g/mol. The molecule has 35 heavy (non-hydrogen) atoms. The molecule has 0 aromatic heterocycles. The van der Waals surface area contributed by atoms with E-state index in [1.165, 1.54) is 12.1 Å². The summed E-state index contributed by atoms with van der Waals surface area (Å²) in [6, 6.07) is 9.16. The Morgan fingerprint density at radius 3 is 2.20 bits per heavy atom. The normalized spacial score (nSPS) is 11.7. The van der Waals surface area contributed by atoms with Crippen LogP contribution in [0.1, 0.15) is 19.4 Å². The summed E-state index contributed by atoms with van der Waals surface area (Å²) in [6.45, 7) is 5.69. The second kappa shape index (κ2) is 11.9. The first-order chi connectivity index (χ1) is 16.4. The maximum atomic E-state index is 14.4. The van der Waals surface area contributed by atoms with Crippen LogP contribution in [-0.4, -0.2) is 12.6 Å². The van der Waals surface area contributed by atoms with Crippen LogP contribution in [0.2, 0.25) is 0 Å². The fourth-order valence-electron chi connectivity index (χ4n) is 2.76. The van der Waals surface area contributed by atoms with E-state index in [1.54, 1.807) is 17.7 Å². The standard InChI is InChI=1S/C19H18F3N5O4S2.C2H6/c1-10-2-5-15(14(22)6-10)25-17-7-11(20)8-18(19(17)26-32(23)28)31-12-3-4-13(21)16(9-12)27-33(24,29)30;1-2/h2-9,25-27H,23H2,1H3,(H2,24,29,30);1-2H3. The van der Waals surface area contributed by atoms with Gasteiger partial charge in [-0.15, -0.1) is 0 Å². The van der Waals surface area contributed by atoms with Crippen LogP contribution in [0, 0.1) is 24.4 Å². The molecule has 3 aromatic rings. The molecule has 14 heteroatoms. The number of nitrogens with two attached hydrogens (primary N) is 2. The Kier molecular flexibility index (Phi) is 9.47. The molecular formula is C21H24F3N5O4S2. The average Bonchev–Trinajstić information content (AvgIpc) is 2.75. The Hall–Kier alpha value is -3.33. The van der Waals surface area contributed by atoms with Gasteiger partial charge in [-0.3, -0.25) is 9.44 Å². The first-order valence-electron chi connectivity index (χ1n) is 9.99. The number of hydrogen-bond acceptors (Lipinski definition) is 5. The number of rotatable bonds is 8. The summed E-state index contributed by atoms with van der Waals surface area (Å²) in [5.74, 6) is -2.80. The van der Waals surface area contributed by atoms with E-state index < -0.39 is 44.5 Å². The highest BCUT2D eigenvalue weighted by Crippen LogP contribution is 2.39. The maximum Gasteiger partial charge on any atom is 0.296 e. The van der Waals surface area contributed by atoms with E-state index in [0.717, 1.165) is 30.3 Å². The molecule has 3 rings (SSSR count). The molecule has 7 N–H and O–H groups in total. The van der Waals surface area contributed by atoms with E-state index >= 15 is 0 Å². The Morgan fingerprint density at radius 2 is 1.60 bits per heavy atom. The van der Waals surface area contributed by atoms with E-state index in [4.69, 9.17) is 15.0 Å². The first-order valence-corrected chi connectivity index (χ1v) is 12.7. The van der Waals surface area contributed by atoms with Crippen molar-refractivity contribution in [3.8, 4) is 11.5 Å². The molecule has 0 aliphatic rings. The number of halogens is 3. The Balaban J connectivity index is 0.00000210. The molecule has 1 unspecified atom stereocenters. The second-order valence-electron chi connectivity index (χ2n) is 6.73. The van der Waals surface area contributed by atoms with Gasteiger partial charge in [0.1, 0.15) is 28.9 Å². The summed E-state index contributed by atoms with van der Waals surface area (Å²) < 4.78 is 86.4. The van der Waals surface area contributed by atoms with Gasteiger partial charge in [0.05, 0.1) is 17.1 Å². The zero-order chi connectivity index (χ0) is 26.3. The lowest BCUT2D eigenvalue weighted by atomic mass is 10.2. The fraction of sp³-hybridized carbons (Fsp3) is 0.143. The quantitative estimate of drug-likeness (QED) is 0.289. The van der Waals surface area contributed by atoms with Crippen molar-refractivity contribution in [1.29, 1.82) is 0 Å². The van der Waals surface area contributed by atoms with E-state index in [0.29, 0.717) is 5.56 Å². The van der Waals surface area contributed by atoms with Crippen molar-refractivity contribution >= 4 is 44.1 Å². The Bertz CT molecular complexity index is 1340. The highest BCUT2D eigenvalue weighted by Gasteiger charge is 2.18. The van der Waals surface area contributed by atoms with Crippen molar-refractivity contribution in [1.82, 2.24) is 0 Å². The van der Waals surface area contributed by atoms with Gasteiger partial charge in [0.2, 0.25) is 0 Å². The van der Waals surface area contributed by atoms with Gasteiger partial charge in [-0.25, -0.2) is 27.7 Å². The van der Waals surface area contributed by atoms with Crippen LogP contribution in [0.5, 0.6) is 11.5 Å². The second-order valence-corrected chi connectivity index (χ2v) is 8.82. The summed E-state index contributed by atoms with van der Waals surface area (Å²) in [6.07, 6.45) is 0. The molecule has 9 nitrogen and oxygen atoms in total. The van der Waals surface area contributed by atoms with E-state index in [9.17, 15) is 25.8 Å². The summed E-state index contributed by atoms with van der Waals surface area (Å²) in [5, 5.41) is 12.9. The summed E-state index contributed by atoms with van der Waals surface area (Å²) in [5.41, 5.74) is -0.0604. The lowest BCUT2D eigenvalue weighted by Crippen LogP contribution is -2.22. The SMILES string of the molecule is CC.Cc1ccc(Nc2cc(F)cc(Oc3ccc(F)c(NS(N)(=O)=O)c3)c2NS(N)=O)c(F)c1. The molecule has 0 saturated heterocycles. The van der Waals surface area contributed by atoms with Gasteiger partial charge in [-0.1, -0.05) is 19.9 Å². The van der Waals surface area contributed by atoms with Crippen LogP contribution in [0.3, 0.4) is 0 Å². The number of anilines is 4. The van der Waals surface area contributed by atoms with Gasteiger partial charge in [0, 0.05) is 12.1 Å². The van der Waals surface area contributed by atoms with Gasteiger partial charge >= 0.3 is 0 Å². The van der Waals surface area contributed by atoms with Gasteiger partial charge in [0.25, 0.3) is 10.2 Å². The minimum Gasteiger partial charge on any atom is -0.455 e. The smallest absolute Gasteiger partial charge is 0.296 e. The number of ether oxygens (including phenoxy) is 1. The lowest BCUT2D eigenvalue weighted by molar-refractivity contribution is 0.478. The van der Waals surface area contributed by atoms with Gasteiger partial charge in [-0.2, -0.15) is 8.42 Å². The third-order valence-corrected chi connectivity index (χ3v) is 4.99. The summed E-state index contributed by atoms with van der Waals surface area (Å²) in [4.78, 5) is 0. The van der Waals surface area contributed by atoms with Crippen molar-refractivity contribution in [2.24, 2.45) is 10.3 Å². The van der Waals surface area contributed by atoms with Crippen LogP contribution in [-0.2, 0) is 21.4 Å². The first kappa shape index (κ1) is 27.9. The van der Waals surface area contributed by atoms with Crippen LogP contribution in [0.4, 0.5) is 35.9 Å². The molecule has 0 aliphatic carbocycles. The third kappa shape index (κ3) is 8.13. The zero-order valence-electron chi connectivity index (χ0n) is 18.9. The summed E-state index contributed by atoms with van der Waals surface area (Å²) >= 11 is -2.14. The number of hydrogen-bond donors (Lipinski definition) is 5. The van der Waals surface area contributed by atoms with Crippen molar-refractivity contribution in [3.63, 3.8) is 0 Å². The van der Waals surface area contributed by atoms with Gasteiger partial charge in [-0.05, 0) is 42.8 Å². The minimum atomic E-state index is -4.29. The molecule has 3 aromatic carbocycles. The molecule has 190 valence electrons. The highest BCUT2D eigenvalue weighted by molar-refractivity contribution is 7.90. The lowest BCUT2D eigenvalue weighted by Gasteiger charge is -2.18. The Morgan fingerprint density at radius 1 is 0.914 bits per heavy atom. The number of nitrogens with one attached hydrogen (secondary N) is 3. The van der Waals surface area contributed by atoms with Crippen LogP contribution in [0.25, 0.3) is 0 Å². The van der Waals surface area contributed by atoms with Crippen molar-refractivity contribution in [2.45, 2.75) is 20.8 Å². The number of aryl methyl sites for hydroxylation is 1. The van der Waals surface area contributed by atoms with Gasteiger partial charge < -0.3 is 10.1 Å². The molecule has 0 bridgehead atoms. The van der Waals surface area contributed by atoms with Gasteiger partial charge in [0.15, 0.2) is 16.9 Å². The molecule has 0 heterocycles. The van der Waals surface area contributed by atoms with E-state index in [1.807, 2.05) is 13.8 Å². The predicted molar refractivity (Wildman–Crippen MR) is 131 cm³/mol. The van der Waals surface area contributed by atoms with Crippen molar-refractivity contribution in [2.75, 3.05) is 14.8 Å². The molecule has 0 spiro atoms. The molecule has 0 fully saturated rings. The Labute approximate surface area is 203 Å². The van der Waals surface area contributed by atoms with Crippen LogP contribution in [0.15, 0.2) is 48.5 Å². The third-order valence-electron chi connectivity index (χ3n) is 4.08. The molecule has 1 atom stereocenters. The molecule has 0 aliphatic heterocycles. The van der Waals surface area contributed by atoms with Crippen molar-refractivity contribution in [3.05, 3.63) is 71.5 Å². The zero-order valence-corrected chi connectivity index (χ0v) is 20.5. The number of benzene rings is 3. The molecular weight excluding hydrogens is 507 g/mol. The minimum absolute atomic E-state index is 0.00979. The molecule has 0 amide bonds. The average molecular weight is 532 g/mol. The maximum absolute atomic E-state index is 14.4. The topological polar surface area (TPSA) is 149 Å². The highest BCUT2D eigenvalue weighted by atomic mass is 32.2. The van der Waals surface area contributed by atoms with Crippen LogP contribution < -0.4 is 29.8 Å². The largest absolute Gasteiger partial charge is 0.455 e. The molecule has 0 saturated carbocycles. The van der Waals surface area contributed by atoms with E-state index in [-0.39, 0.29) is 28.6 Å². The molecule has 0 radical (unpaired) electrons. The van der Waals surface area contributed by atoms with Crippen LogP contribution >= 0.6 is 0 Å². The fourth-order valence-corrected chi connectivity index (χ4v) is 3.63. The summed E-state index contributed by atoms with van der Waals surface area (Å²) in [7, 11) is -4.29. The predicted octanol–water partition coefficient (Wildman–Crippen LogP) is 4.54. The van der Waals surface area contributed by atoms with E-state index in [2.05, 4.69) is 10.0 Å². The van der Waals surface area contributed by atoms with Crippen molar-refractivity contribution < 1.29 is 30.5 Å².